The first-order valence-corrected chi connectivity index (χ1v) is 4.48. The summed E-state index contributed by atoms with van der Waals surface area (Å²) in [6.07, 6.45) is 2.22. The predicted octanol–water partition coefficient (Wildman–Crippen LogP) is 0.809. The van der Waals surface area contributed by atoms with Crippen LogP contribution in [-0.2, 0) is 9.53 Å². The Morgan fingerprint density at radius 3 is 2.69 bits per heavy atom. The maximum absolute atomic E-state index is 11.5. The zero-order chi connectivity index (χ0) is 12.0. The highest BCUT2D eigenvalue weighted by atomic mass is 16.5. The summed E-state index contributed by atoms with van der Waals surface area (Å²) in [7, 11) is 1.23. The quantitative estimate of drug-likeness (QED) is 0.585. The first kappa shape index (κ1) is 11.8. The number of hydrogen-bond donors (Lipinski definition) is 2. The molecule has 0 aliphatic carbocycles. The number of carbonyl (C=O) groups excluding carboxylic acids is 2. The number of esters is 1. The lowest BCUT2D eigenvalue weighted by Crippen LogP contribution is -2.17. The lowest BCUT2D eigenvalue weighted by atomic mass is 10.2. The van der Waals surface area contributed by atoms with Crippen LogP contribution in [-0.4, -0.2) is 24.1 Å². The van der Waals surface area contributed by atoms with Gasteiger partial charge in [0.25, 0.3) is 5.91 Å². The van der Waals surface area contributed by atoms with Gasteiger partial charge in [-0.25, -0.2) is 4.79 Å². The predicted molar refractivity (Wildman–Crippen MR) is 56.7 cm³/mol. The van der Waals surface area contributed by atoms with E-state index in [4.69, 9.17) is 0 Å². The topological polar surface area (TPSA) is 75.6 Å². The molecule has 5 nitrogen and oxygen atoms in total. The zero-order valence-electron chi connectivity index (χ0n) is 8.64. The van der Waals surface area contributed by atoms with Crippen molar-refractivity contribution in [1.82, 2.24) is 5.32 Å². The van der Waals surface area contributed by atoms with Crippen LogP contribution in [0.15, 0.2) is 36.5 Å². The van der Waals surface area contributed by atoms with Crippen LogP contribution in [0.3, 0.4) is 0 Å². The van der Waals surface area contributed by atoms with Gasteiger partial charge in [-0.2, -0.15) is 0 Å². The number of para-hydroxylation sites is 1. The lowest BCUT2D eigenvalue weighted by molar-refractivity contribution is -0.134. The van der Waals surface area contributed by atoms with Gasteiger partial charge in [0.05, 0.1) is 12.7 Å². The van der Waals surface area contributed by atoms with E-state index in [9.17, 15) is 14.7 Å². The van der Waals surface area contributed by atoms with E-state index in [2.05, 4.69) is 10.1 Å². The Hall–Kier alpha value is -2.30. The number of nitrogens with one attached hydrogen (secondary N) is 1. The van der Waals surface area contributed by atoms with E-state index in [1.54, 1.807) is 12.1 Å². The Morgan fingerprint density at radius 1 is 1.38 bits per heavy atom. The maximum atomic E-state index is 11.5. The molecule has 0 fully saturated rings. The largest absolute Gasteiger partial charge is 0.507 e. The molecule has 5 heteroatoms. The Balaban J connectivity index is 2.64. The zero-order valence-corrected chi connectivity index (χ0v) is 8.64. The number of rotatable bonds is 3. The molecule has 0 heterocycles. The van der Waals surface area contributed by atoms with Crippen molar-refractivity contribution in [2.24, 2.45) is 0 Å². The third-order valence-corrected chi connectivity index (χ3v) is 1.78. The first-order valence-electron chi connectivity index (χ1n) is 4.48. The molecule has 84 valence electrons. The highest BCUT2D eigenvalue weighted by Gasteiger charge is 2.07. The number of carbonyl (C=O) groups is 2. The van der Waals surface area contributed by atoms with Crippen molar-refractivity contribution in [3.8, 4) is 5.75 Å². The Kier molecular flexibility index (Phi) is 4.08. The second-order valence-electron chi connectivity index (χ2n) is 2.85. The molecule has 0 aliphatic rings. The fourth-order valence-corrected chi connectivity index (χ4v) is 0.997. The van der Waals surface area contributed by atoms with Gasteiger partial charge in [-0.3, -0.25) is 4.79 Å². The van der Waals surface area contributed by atoms with Gasteiger partial charge in [-0.1, -0.05) is 12.1 Å². The Labute approximate surface area is 92.3 Å². The van der Waals surface area contributed by atoms with E-state index < -0.39 is 11.9 Å². The van der Waals surface area contributed by atoms with Gasteiger partial charge in [0.2, 0.25) is 0 Å². The van der Waals surface area contributed by atoms with Gasteiger partial charge in [0, 0.05) is 12.3 Å². The fourth-order valence-electron chi connectivity index (χ4n) is 0.997. The summed E-state index contributed by atoms with van der Waals surface area (Å²) in [5.41, 5.74) is 0.136. The normalized spacial score (nSPS) is 10.1. The van der Waals surface area contributed by atoms with Crippen molar-refractivity contribution in [1.29, 1.82) is 0 Å². The average molecular weight is 221 g/mol. The van der Waals surface area contributed by atoms with Gasteiger partial charge in [0.1, 0.15) is 5.75 Å². The number of amides is 1. The minimum atomic E-state index is -0.572. The molecule has 1 aromatic rings. The Bertz CT molecular complexity index is 426. The Morgan fingerprint density at radius 2 is 2.06 bits per heavy atom. The molecule has 0 saturated heterocycles. The van der Waals surface area contributed by atoms with Gasteiger partial charge in [-0.05, 0) is 12.1 Å². The van der Waals surface area contributed by atoms with Crippen LogP contribution in [0, 0.1) is 0 Å². The summed E-state index contributed by atoms with van der Waals surface area (Å²) in [6, 6.07) is 6.10. The van der Waals surface area contributed by atoms with Gasteiger partial charge < -0.3 is 15.2 Å². The van der Waals surface area contributed by atoms with Crippen LogP contribution in [0.5, 0.6) is 5.75 Å². The van der Waals surface area contributed by atoms with Crippen LogP contribution < -0.4 is 5.32 Å². The van der Waals surface area contributed by atoms with Crippen molar-refractivity contribution in [2.45, 2.75) is 0 Å². The molecule has 0 saturated carbocycles. The molecule has 0 aliphatic heterocycles. The summed E-state index contributed by atoms with van der Waals surface area (Å²) in [5, 5.41) is 11.7. The monoisotopic (exact) mass is 221 g/mol. The van der Waals surface area contributed by atoms with Crippen LogP contribution >= 0.6 is 0 Å². The number of ether oxygens (including phenoxy) is 1. The number of phenolic OH excluding ortho intramolecular Hbond substituents is 1. The molecule has 0 aromatic heterocycles. The molecule has 0 unspecified atom stereocenters. The van der Waals surface area contributed by atoms with E-state index >= 15 is 0 Å². The van der Waals surface area contributed by atoms with E-state index in [1.165, 1.54) is 19.2 Å². The average Bonchev–Trinajstić information content (AvgIpc) is 2.29. The molecule has 1 rings (SSSR count). The number of benzene rings is 1. The molecule has 16 heavy (non-hydrogen) atoms. The van der Waals surface area contributed by atoms with Crippen molar-refractivity contribution >= 4 is 11.9 Å². The van der Waals surface area contributed by atoms with Crippen LogP contribution in [0.2, 0.25) is 0 Å². The molecule has 0 radical (unpaired) electrons. The minimum absolute atomic E-state index is 0.119. The number of aromatic hydroxyl groups is 1. The minimum Gasteiger partial charge on any atom is -0.507 e. The van der Waals surface area contributed by atoms with Gasteiger partial charge >= 0.3 is 5.97 Å². The summed E-state index contributed by atoms with van der Waals surface area (Å²) >= 11 is 0. The van der Waals surface area contributed by atoms with E-state index in [0.717, 1.165) is 12.3 Å². The molecule has 0 bridgehead atoms. The summed E-state index contributed by atoms with van der Waals surface area (Å²) in [6.45, 7) is 0. The molecule has 2 N–H and O–H groups in total. The fraction of sp³-hybridized carbons (Fsp3) is 0.0909. The molecule has 1 amide bonds. The second kappa shape index (κ2) is 5.55. The summed E-state index contributed by atoms with van der Waals surface area (Å²) in [4.78, 5) is 22.1. The van der Waals surface area contributed by atoms with E-state index in [1.807, 2.05) is 0 Å². The highest BCUT2D eigenvalue weighted by Crippen LogP contribution is 2.14. The van der Waals surface area contributed by atoms with Crippen molar-refractivity contribution in [3.63, 3.8) is 0 Å². The highest BCUT2D eigenvalue weighted by molar-refractivity contribution is 5.97. The smallest absolute Gasteiger partial charge is 0.331 e. The standard InChI is InChI=1S/C11H11NO4/c1-16-10(14)6-7-12-11(15)8-4-2-3-5-9(8)13/h2-7,13H,1H3,(H,12,15)/b7-6+. The third kappa shape index (κ3) is 3.13. The molecule has 0 atom stereocenters. The molecule has 1 aromatic carbocycles. The van der Waals surface area contributed by atoms with Crippen molar-refractivity contribution in [2.75, 3.05) is 7.11 Å². The number of hydrogen-bond acceptors (Lipinski definition) is 4. The maximum Gasteiger partial charge on any atom is 0.331 e. The van der Waals surface area contributed by atoms with Crippen LogP contribution in [0.25, 0.3) is 0 Å². The van der Waals surface area contributed by atoms with Gasteiger partial charge in [0.15, 0.2) is 0 Å². The van der Waals surface area contributed by atoms with Crippen molar-refractivity contribution in [3.05, 3.63) is 42.1 Å². The van der Waals surface area contributed by atoms with Crippen LogP contribution in [0.4, 0.5) is 0 Å². The lowest BCUT2D eigenvalue weighted by Gasteiger charge is -2.01. The van der Waals surface area contributed by atoms with E-state index in [0.29, 0.717) is 0 Å². The van der Waals surface area contributed by atoms with Gasteiger partial charge in [-0.15, -0.1) is 0 Å². The van der Waals surface area contributed by atoms with E-state index in [-0.39, 0.29) is 11.3 Å². The summed E-state index contributed by atoms with van der Waals surface area (Å²) < 4.78 is 4.34. The van der Waals surface area contributed by atoms with Crippen LogP contribution in [0.1, 0.15) is 10.4 Å². The SMILES string of the molecule is COC(=O)/C=C/NC(=O)c1ccccc1O. The first-order chi connectivity index (χ1) is 7.65. The molecular weight excluding hydrogens is 210 g/mol. The number of methoxy groups -OCH3 is 1. The summed E-state index contributed by atoms with van der Waals surface area (Å²) in [5.74, 6) is -1.19. The second-order valence-corrected chi connectivity index (χ2v) is 2.85. The third-order valence-electron chi connectivity index (χ3n) is 1.78. The molecular formula is C11H11NO4. The van der Waals surface area contributed by atoms with Crippen molar-refractivity contribution < 1.29 is 19.4 Å². The number of phenols is 1. The molecule has 0 spiro atoms.